The number of unbranched alkanes of at least 4 members (excludes halogenated alkanes) is 7. The number of rotatable bonds is 17. The van der Waals surface area contributed by atoms with Crippen molar-refractivity contribution in [2.75, 3.05) is 0 Å². The maximum absolute atomic E-state index is 12.6. The fourth-order valence-corrected chi connectivity index (χ4v) is 4.31. The molecule has 0 aliphatic carbocycles. The summed E-state index contributed by atoms with van der Waals surface area (Å²) >= 11 is 0. The predicted molar refractivity (Wildman–Crippen MR) is 161 cm³/mol. The predicted octanol–water partition coefficient (Wildman–Crippen LogP) is 10.2. The zero-order chi connectivity index (χ0) is 27.7. The molecule has 0 saturated carbocycles. The van der Waals surface area contributed by atoms with Gasteiger partial charge in [0.2, 0.25) is 0 Å². The van der Waals surface area contributed by atoms with Crippen molar-refractivity contribution in [1.82, 2.24) is 0 Å². The maximum atomic E-state index is 12.6. The van der Waals surface area contributed by atoms with Crippen molar-refractivity contribution in [1.29, 1.82) is 0 Å². The Bertz CT molecular complexity index is 1110. The van der Waals surface area contributed by atoms with Crippen LogP contribution in [0.25, 0.3) is 11.1 Å². The lowest BCUT2D eigenvalue weighted by Crippen LogP contribution is -2.11. The summed E-state index contributed by atoms with van der Waals surface area (Å²) in [5.41, 5.74) is 2.61. The Kier molecular flexibility index (Phi) is 13.2. The summed E-state index contributed by atoms with van der Waals surface area (Å²) in [4.78, 5) is 12.6. The number of hydrogen-bond acceptors (Lipinski definition) is 4. The van der Waals surface area contributed by atoms with Crippen LogP contribution in [0.1, 0.15) is 95.3 Å². The van der Waals surface area contributed by atoms with Gasteiger partial charge < -0.3 is 14.2 Å². The second-order valence-corrected chi connectivity index (χ2v) is 10.1. The van der Waals surface area contributed by atoms with Gasteiger partial charge in [0, 0.05) is 0 Å². The number of ether oxygens (including phenoxy) is 3. The zero-order valence-corrected chi connectivity index (χ0v) is 23.9. The van der Waals surface area contributed by atoms with Crippen molar-refractivity contribution in [3.05, 3.63) is 90.7 Å². The lowest BCUT2D eigenvalue weighted by molar-refractivity contribution is 0.0734. The van der Waals surface area contributed by atoms with Crippen LogP contribution in [0.15, 0.2) is 85.1 Å². The summed E-state index contributed by atoms with van der Waals surface area (Å²) in [5, 5.41) is 0. The highest BCUT2D eigenvalue weighted by molar-refractivity contribution is 5.91. The minimum Gasteiger partial charge on any atom is -0.491 e. The van der Waals surface area contributed by atoms with Gasteiger partial charge in [-0.05, 0) is 98.3 Å². The van der Waals surface area contributed by atoms with Crippen LogP contribution in [0, 0.1) is 0 Å². The molecule has 1 atom stereocenters. The standard InChI is InChI=1S/C35H44O4/c1-4-6-8-10-11-13-27-37-32-23-25-34(26-24-32)39-35(36)31-17-15-29(16-18-31)30-19-21-33(22-20-30)38-28(3)14-12-9-7-5-2/h13,15-28H,4-12,14H2,1-3H3. The molecule has 0 aromatic heterocycles. The maximum Gasteiger partial charge on any atom is 0.343 e. The fraction of sp³-hybridized carbons (Fsp3) is 0.400. The highest BCUT2D eigenvalue weighted by atomic mass is 16.5. The number of esters is 1. The molecule has 0 aliphatic heterocycles. The van der Waals surface area contributed by atoms with Gasteiger partial charge in [-0.2, -0.15) is 0 Å². The van der Waals surface area contributed by atoms with E-state index in [0.29, 0.717) is 17.1 Å². The zero-order valence-electron chi connectivity index (χ0n) is 23.9. The molecule has 208 valence electrons. The van der Waals surface area contributed by atoms with E-state index in [0.717, 1.165) is 29.7 Å². The highest BCUT2D eigenvalue weighted by Crippen LogP contribution is 2.25. The van der Waals surface area contributed by atoms with Crippen LogP contribution < -0.4 is 14.2 Å². The Morgan fingerprint density at radius 3 is 1.90 bits per heavy atom. The van der Waals surface area contributed by atoms with Gasteiger partial charge in [-0.3, -0.25) is 0 Å². The summed E-state index contributed by atoms with van der Waals surface area (Å²) in [7, 11) is 0. The molecule has 0 fully saturated rings. The third-order valence-electron chi connectivity index (χ3n) is 6.67. The third kappa shape index (κ3) is 11.0. The summed E-state index contributed by atoms with van der Waals surface area (Å²) in [6.45, 7) is 6.57. The molecule has 4 heteroatoms. The summed E-state index contributed by atoms with van der Waals surface area (Å²) < 4.78 is 17.2. The molecule has 4 nitrogen and oxygen atoms in total. The fourth-order valence-electron chi connectivity index (χ4n) is 4.31. The summed E-state index contributed by atoms with van der Waals surface area (Å²) in [5.74, 6) is 1.69. The van der Waals surface area contributed by atoms with Gasteiger partial charge in [-0.25, -0.2) is 4.79 Å². The minimum atomic E-state index is -0.390. The lowest BCUT2D eigenvalue weighted by atomic mass is 10.0. The van der Waals surface area contributed by atoms with E-state index in [1.165, 1.54) is 51.4 Å². The molecule has 0 aliphatic rings. The van der Waals surface area contributed by atoms with E-state index < -0.39 is 0 Å². The van der Waals surface area contributed by atoms with Crippen molar-refractivity contribution < 1.29 is 19.0 Å². The van der Waals surface area contributed by atoms with Crippen molar-refractivity contribution in [2.45, 2.75) is 91.1 Å². The molecule has 0 amide bonds. The molecule has 3 aromatic rings. The number of carbonyl (C=O) groups excluding carboxylic acids is 1. The average Bonchev–Trinajstić information content (AvgIpc) is 2.96. The van der Waals surface area contributed by atoms with Gasteiger partial charge in [-0.1, -0.05) is 76.6 Å². The SMILES string of the molecule is CCCCCCC=COc1ccc(OC(=O)c2ccc(-c3ccc(OC(C)CCCCCC)cc3)cc2)cc1. The Labute approximate surface area is 235 Å². The summed E-state index contributed by atoms with van der Waals surface area (Å²) in [6, 6.07) is 22.7. The van der Waals surface area contributed by atoms with E-state index in [1.807, 2.05) is 30.3 Å². The van der Waals surface area contributed by atoms with Crippen LogP contribution in [-0.4, -0.2) is 12.1 Å². The smallest absolute Gasteiger partial charge is 0.343 e. The van der Waals surface area contributed by atoms with Gasteiger partial charge >= 0.3 is 5.97 Å². The molecule has 1 unspecified atom stereocenters. The van der Waals surface area contributed by atoms with E-state index in [2.05, 4.69) is 32.9 Å². The second kappa shape index (κ2) is 17.1. The highest BCUT2D eigenvalue weighted by Gasteiger charge is 2.10. The normalized spacial score (nSPS) is 11.9. The molecule has 0 bridgehead atoms. The van der Waals surface area contributed by atoms with E-state index in [4.69, 9.17) is 14.2 Å². The van der Waals surface area contributed by atoms with E-state index in [9.17, 15) is 4.79 Å². The lowest BCUT2D eigenvalue weighted by Gasteiger charge is -2.15. The topological polar surface area (TPSA) is 44.8 Å². The number of carbonyl (C=O) groups is 1. The van der Waals surface area contributed by atoms with Gasteiger partial charge in [0.05, 0.1) is 17.9 Å². The van der Waals surface area contributed by atoms with Crippen molar-refractivity contribution >= 4 is 5.97 Å². The van der Waals surface area contributed by atoms with Crippen LogP contribution in [0.3, 0.4) is 0 Å². The molecule has 3 aromatic carbocycles. The monoisotopic (exact) mass is 528 g/mol. The molecule has 0 spiro atoms. The van der Waals surface area contributed by atoms with Crippen LogP contribution in [0.2, 0.25) is 0 Å². The number of benzene rings is 3. The van der Waals surface area contributed by atoms with E-state index >= 15 is 0 Å². The quantitative estimate of drug-likeness (QED) is 0.0756. The van der Waals surface area contributed by atoms with E-state index in [1.54, 1.807) is 42.7 Å². The van der Waals surface area contributed by atoms with Gasteiger partial charge in [-0.15, -0.1) is 0 Å². The van der Waals surface area contributed by atoms with Crippen molar-refractivity contribution in [3.8, 4) is 28.4 Å². The molecule has 0 heterocycles. The Morgan fingerprint density at radius 1 is 0.692 bits per heavy atom. The molecular formula is C35H44O4. The first-order valence-corrected chi connectivity index (χ1v) is 14.6. The van der Waals surface area contributed by atoms with Crippen LogP contribution in [0.5, 0.6) is 17.2 Å². The van der Waals surface area contributed by atoms with E-state index in [-0.39, 0.29) is 12.1 Å². The third-order valence-corrected chi connectivity index (χ3v) is 6.67. The largest absolute Gasteiger partial charge is 0.491 e. The van der Waals surface area contributed by atoms with Gasteiger partial charge in [0.15, 0.2) is 0 Å². The molecule has 39 heavy (non-hydrogen) atoms. The molecule has 0 radical (unpaired) electrons. The average molecular weight is 529 g/mol. The number of allylic oxidation sites excluding steroid dienone is 1. The first kappa shape index (κ1) is 30.0. The first-order valence-electron chi connectivity index (χ1n) is 14.6. The molecule has 0 saturated heterocycles. The molecule has 0 N–H and O–H groups in total. The van der Waals surface area contributed by atoms with Crippen molar-refractivity contribution in [2.24, 2.45) is 0 Å². The minimum absolute atomic E-state index is 0.212. The second-order valence-electron chi connectivity index (χ2n) is 10.1. The Balaban J connectivity index is 1.45. The van der Waals surface area contributed by atoms with Gasteiger partial charge in [0.1, 0.15) is 17.2 Å². The van der Waals surface area contributed by atoms with Gasteiger partial charge in [0.25, 0.3) is 0 Å². The van der Waals surface area contributed by atoms with Crippen LogP contribution >= 0.6 is 0 Å². The van der Waals surface area contributed by atoms with Crippen LogP contribution in [-0.2, 0) is 0 Å². The Hall–Kier alpha value is -3.53. The first-order chi connectivity index (χ1) is 19.1. The Morgan fingerprint density at radius 2 is 1.26 bits per heavy atom. The number of hydrogen-bond donors (Lipinski definition) is 0. The summed E-state index contributed by atoms with van der Waals surface area (Å²) in [6.07, 6.45) is 16.1. The van der Waals surface area contributed by atoms with Crippen molar-refractivity contribution in [3.63, 3.8) is 0 Å². The molecule has 3 rings (SSSR count). The van der Waals surface area contributed by atoms with Crippen LogP contribution in [0.4, 0.5) is 0 Å². The molecular weight excluding hydrogens is 484 g/mol.